The monoisotopic (exact) mass is 344 g/mol. The second kappa shape index (κ2) is 8.30. The largest absolute Gasteiger partial charge is 0.338 e. The lowest BCUT2D eigenvalue weighted by molar-refractivity contribution is 0.0661. The van der Waals surface area contributed by atoms with Crippen LogP contribution in [0.1, 0.15) is 35.7 Å². The van der Waals surface area contributed by atoms with E-state index in [1.807, 2.05) is 24.0 Å². The van der Waals surface area contributed by atoms with E-state index in [1.54, 1.807) is 0 Å². The zero-order chi connectivity index (χ0) is 17.8. The molecular weight excluding hydrogens is 312 g/mol. The molecule has 5 nitrogen and oxygen atoms in total. The summed E-state index contributed by atoms with van der Waals surface area (Å²) in [5.41, 5.74) is 8.12. The molecule has 0 radical (unpaired) electrons. The second-order valence-electron chi connectivity index (χ2n) is 7.79. The van der Waals surface area contributed by atoms with E-state index >= 15 is 0 Å². The summed E-state index contributed by atoms with van der Waals surface area (Å²) in [7, 11) is 2.17. The van der Waals surface area contributed by atoms with Crippen LogP contribution in [-0.2, 0) is 6.54 Å². The summed E-state index contributed by atoms with van der Waals surface area (Å²) < 4.78 is 0. The van der Waals surface area contributed by atoms with Crippen molar-refractivity contribution in [3.63, 3.8) is 0 Å². The van der Waals surface area contributed by atoms with E-state index in [0.29, 0.717) is 5.92 Å². The average Bonchev–Trinajstić information content (AvgIpc) is 2.64. The number of likely N-dealkylation sites (tertiary alicyclic amines) is 1. The number of carbonyl (C=O) groups is 1. The van der Waals surface area contributed by atoms with Crippen LogP contribution in [0.3, 0.4) is 0 Å². The Hall–Kier alpha value is -1.43. The first-order valence-electron chi connectivity index (χ1n) is 9.57. The van der Waals surface area contributed by atoms with Gasteiger partial charge in [0.1, 0.15) is 0 Å². The van der Waals surface area contributed by atoms with E-state index in [0.717, 1.165) is 64.2 Å². The first-order valence-corrected chi connectivity index (χ1v) is 9.57. The number of piperazine rings is 1. The van der Waals surface area contributed by atoms with E-state index < -0.39 is 0 Å². The molecule has 0 aromatic heterocycles. The Morgan fingerprint density at radius 1 is 1.16 bits per heavy atom. The van der Waals surface area contributed by atoms with E-state index in [9.17, 15) is 4.79 Å². The quantitative estimate of drug-likeness (QED) is 0.902. The van der Waals surface area contributed by atoms with Crippen molar-refractivity contribution in [3.8, 4) is 0 Å². The van der Waals surface area contributed by atoms with Crippen LogP contribution in [0, 0.1) is 5.92 Å². The first kappa shape index (κ1) is 18.4. The van der Waals surface area contributed by atoms with Crippen LogP contribution in [0.25, 0.3) is 0 Å². The number of likely N-dealkylation sites (N-methyl/N-ethyl adjacent to an activating group) is 1. The molecule has 2 saturated heterocycles. The number of amides is 1. The second-order valence-corrected chi connectivity index (χ2v) is 7.79. The Kier molecular flexibility index (Phi) is 6.10. The molecule has 3 rings (SSSR count). The molecule has 2 N–H and O–H groups in total. The summed E-state index contributed by atoms with van der Waals surface area (Å²) in [5, 5.41) is 0. The van der Waals surface area contributed by atoms with Crippen molar-refractivity contribution in [2.75, 3.05) is 46.3 Å². The fourth-order valence-corrected chi connectivity index (χ4v) is 3.82. The highest BCUT2D eigenvalue weighted by atomic mass is 16.2. The number of carbonyl (C=O) groups excluding carboxylic acids is 1. The summed E-state index contributed by atoms with van der Waals surface area (Å²) in [5.74, 6) is 0.575. The highest BCUT2D eigenvalue weighted by Crippen LogP contribution is 2.21. The SMILES string of the molecule is CC(N)C1CCCN(C(=O)c2ccc(CN3CCN(C)CC3)cc2)C1. The van der Waals surface area contributed by atoms with Crippen LogP contribution in [0.2, 0.25) is 0 Å². The third-order valence-corrected chi connectivity index (χ3v) is 5.69. The molecule has 0 saturated carbocycles. The molecule has 2 aliphatic rings. The van der Waals surface area contributed by atoms with Gasteiger partial charge in [-0.05, 0) is 50.4 Å². The van der Waals surface area contributed by atoms with Crippen molar-refractivity contribution in [2.45, 2.75) is 32.4 Å². The van der Waals surface area contributed by atoms with Crippen LogP contribution >= 0.6 is 0 Å². The van der Waals surface area contributed by atoms with Gasteiger partial charge in [-0.15, -0.1) is 0 Å². The molecule has 2 heterocycles. The summed E-state index contributed by atoms with van der Waals surface area (Å²) in [6, 6.07) is 8.35. The van der Waals surface area contributed by atoms with Crippen molar-refractivity contribution in [1.82, 2.24) is 14.7 Å². The van der Waals surface area contributed by atoms with Crippen molar-refractivity contribution >= 4 is 5.91 Å². The lowest BCUT2D eigenvalue weighted by Crippen LogP contribution is -2.45. The van der Waals surface area contributed by atoms with Crippen molar-refractivity contribution in [3.05, 3.63) is 35.4 Å². The maximum Gasteiger partial charge on any atom is 0.253 e. The summed E-state index contributed by atoms with van der Waals surface area (Å²) in [6.45, 7) is 9.15. The fourth-order valence-electron chi connectivity index (χ4n) is 3.82. The van der Waals surface area contributed by atoms with Crippen LogP contribution in [0.4, 0.5) is 0 Å². The number of hydrogen-bond acceptors (Lipinski definition) is 4. The Bertz CT molecular complexity index is 564. The molecule has 138 valence electrons. The Balaban J connectivity index is 1.57. The minimum absolute atomic E-state index is 0.150. The van der Waals surface area contributed by atoms with Gasteiger partial charge in [-0.1, -0.05) is 12.1 Å². The van der Waals surface area contributed by atoms with Gasteiger partial charge in [0.05, 0.1) is 0 Å². The molecule has 1 aromatic carbocycles. The predicted octanol–water partition coefficient (Wildman–Crippen LogP) is 1.63. The van der Waals surface area contributed by atoms with Crippen molar-refractivity contribution in [1.29, 1.82) is 0 Å². The third kappa shape index (κ3) is 4.81. The first-order chi connectivity index (χ1) is 12.0. The van der Waals surface area contributed by atoms with Crippen LogP contribution in [0.15, 0.2) is 24.3 Å². The van der Waals surface area contributed by atoms with Gasteiger partial charge in [0, 0.05) is 57.4 Å². The van der Waals surface area contributed by atoms with E-state index in [-0.39, 0.29) is 11.9 Å². The molecule has 1 amide bonds. The van der Waals surface area contributed by atoms with Gasteiger partial charge in [0.2, 0.25) is 0 Å². The smallest absolute Gasteiger partial charge is 0.253 e. The minimum atomic E-state index is 0.150. The molecule has 2 aliphatic heterocycles. The average molecular weight is 345 g/mol. The number of hydrogen-bond donors (Lipinski definition) is 1. The molecular formula is C20H32N4O. The molecule has 2 fully saturated rings. The molecule has 0 spiro atoms. The highest BCUT2D eigenvalue weighted by molar-refractivity contribution is 5.94. The van der Waals surface area contributed by atoms with Crippen LogP contribution in [0.5, 0.6) is 0 Å². The molecule has 2 atom stereocenters. The van der Waals surface area contributed by atoms with Crippen LogP contribution in [-0.4, -0.2) is 73.0 Å². The lowest BCUT2D eigenvalue weighted by Gasteiger charge is -2.34. The van der Waals surface area contributed by atoms with E-state index in [1.165, 1.54) is 5.56 Å². The standard InChI is InChI=1S/C20H32N4O/c1-16(21)19-4-3-9-24(15-19)20(25)18-7-5-17(6-8-18)14-23-12-10-22(2)11-13-23/h5-8,16,19H,3-4,9-15,21H2,1-2H3. The van der Waals surface area contributed by atoms with Gasteiger partial charge in [-0.3, -0.25) is 9.69 Å². The third-order valence-electron chi connectivity index (χ3n) is 5.69. The Labute approximate surface area is 151 Å². The molecule has 0 aliphatic carbocycles. The van der Waals surface area contributed by atoms with Crippen LogP contribution < -0.4 is 5.73 Å². The van der Waals surface area contributed by atoms with Gasteiger partial charge in [0.15, 0.2) is 0 Å². The maximum atomic E-state index is 12.8. The summed E-state index contributed by atoms with van der Waals surface area (Å²) >= 11 is 0. The van der Waals surface area contributed by atoms with Gasteiger partial charge in [-0.2, -0.15) is 0 Å². The van der Waals surface area contributed by atoms with Gasteiger partial charge >= 0.3 is 0 Å². The van der Waals surface area contributed by atoms with E-state index in [4.69, 9.17) is 5.73 Å². The van der Waals surface area contributed by atoms with Crippen molar-refractivity contribution < 1.29 is 4.79 Å². The van der Waals surface area contributed by atoms with Gasteiger partial charge < -0.3 is 15.5 Å². The fraction of sp³-hybridized carbons (Fsp3) is 0.650. The zero-order valence-corrected chi connectivity index (χ0v) is 15.7. The van der Waals surface area contributed by atoms with Gasteiger partial charge in [0.25, 0.3) is 5.91 Å². The number of benzene rings is 1. The van der Waals surface area contributed by atoms with E-state index in [2.05, 4.69) is 29.0 Å². The summed E-state index contributed by atoms with van der Waals surface area (Å²) in [6.07, 6.45) is 2.19. The topological polar surface area (TPSA) is 52.8 Å². The normalized spacial score (nSPS) is 24.3. The number of nitrogens with two attached hydrogens (primary N) is 1. The zero-order valence-electron chi connectivity index (χ0n) is 15.7. The number of rotatable bonds is 4. The number of nitrogens with zero attached hydrogens (tertiary/aromatic N) is 3. The van der Waals surface area contributed by atoms with Gasteiger partial charge in [-0.25, -0.2) is 0 Å². The molecule has 25 heavy (non-hydrogen) atoms. The molecule has 5 heteroatoms. The number of piperidine rings is 1. The molecule has 1 aromatic rings. The van der Waals surface area contributed by atoms with Crippen molar-refractivity contribution in [2.24, 2.45) is 11.7 Å². The molecule has 0 bridgehead atoms. The maximum absolute atomic E-state index is 12.8. The summed E-state index contributed by atoms with van der Waals surface area (Å²) in [4.78, 5) is 19.6. The predicted molar refractivity (Wildman–Crippen MR) is 101 cm³/mol. The highest BCUT2D eigenvalue weighted by Gasteiger charge is 2.26. The minimum Gasteiger partial charge on any atom is -0.338 e. The molecule has 2 unspecified atom stereocenters. The Morgan fingerprint density at radius 3 is 2.48 bits per heavy atom. The Morgan fingerprint density at radius 2 is 1.84 bits per heavy atom. The lowest BCUT2D eigenvalue weighted by atomic mass is 9.92.